The fourth-order valence-corrected chi connectivity index (χ4v) is 2.57. The lowest BCUT2D eigenvalue weighted by Crippen LogP contribution is -2.62. The van der Waals surface area contributed by atoms with Crippen LogP contribution in [0.15, 0.2) is 0 Å². The van der Waals surface area contributed by atoms with Crippen molar-refractivity contribution in [2.24, 2.45) is 0 Å². The fourth-order valence-electron chi connectivity index (χ4n) is 1.74. The van der Waals surface area contributed by atoms with Crippen molar-refractivity contribution in [2.45, 2.75) is 19.0 Å². The van der Waals surface area contributed by atoms with Gasteiger partial charge >= 0.3 is 0 Å². The third-order valence-corrected chi connectivity index (χ3v) is 3.92. The van der Waals surface area contributed by atoms with Crippen LogP contribution in [-0.2, 0) is 0 Å². The minimum Gasteiger partial charge on any atom is -0.314 e. The van der Waals surface area contributed by atoms with Gasteiger partial charge in [-0.1, -0.05) is 6.92 Å². The maximum absolute atomic E-state index is 3.33. The van der Waals surface area contributed by atoms with Crippen molar-refractivity contribution in [3.8, 4) is 0 Å². The molecule has 1 N–H and O–H groups in total. The summed E-state index contributed by atoms with van der Waals surface area (Å²) in [5, 5.41) is 3.33. The summed E-state index contributed by atoms with van der Waals surface area (Å²) in [6.45, 7) is 5.95. The first kappa shape index (κ1) is 7.90. The average molecular weight is 172 g/mol. The number of rotatable bonds is 3. The fraction of sp³-hybridized carbons (Fsp3) is 1.00. The second-order valence-corrected chi connectivity index (χ2v) is 4.41. The highest BCUT2D eigenvalue weighted by atomic mass is 32.2. The summed E-state index contributed by atoms with van der Waals surface area (Å²) >= 11 is 2.08. The summed E-state index contributed by atoms with van der Waals surface area (Å²) < 4.78 is 0. The second-order valence-electron chi connectivity index (χ2n) is 3.33. The summed E-state index contributed by atoms with van der Waals surface area (Å²) in [6, 6.07) is 1.75. The topological polar surface area (TPSA) is 15.3 Å². The number of likely N-dealkylation sites (N-methyl/N-ethyl adjacent to an activating group) is 1. The molecule has 11 heavy (non-hydrogen) atoms. The van der Waals surface area contributed by atoms with Gasteiger partial charge in [0.25, 0.3) is 0 Å². The van der Waals surface area contributed by atoms with E-state index in [-0.39, 0.29) is 0 Å². The number of nitrogens with one attached hydrogen (secondary N) is 1. The molecule has 0 spiro atoms. The molecule has 2 aliphatic heterocycles. The third-order valence-electron chi connectivity index (χ3n) is 2.68. The molecule has 0 unspecified atom stereocenters. The zero-order chi connectivity index (χ0) is 7.68. The quantitative estimate of drug-likeness (QED) is 0.663. The molecule has 2 aliphatic rings. The van der Waals surface area contributed by atoms with Crippen LogP contribution in [0.2, 0.25) is 0 Å². The van der Waals surface area contributed by atoms with Crippen molar-refractivity contribution in [2.75, 3.05) is 31.1 Å². The van der Waals surface area contributed by atoms with Crippen LogP contribution in [0.4, 0.5) is 0 Å². The van der Waals surface area contributed by atoms with Crippen LogP contribution in [0, 0.1) is 0 Å². The molecule has 2 rings (SSSR count). The highest BCUT2D eigenvalue weighted by Gasteiger charge is 2.32. The van der Waals surface area contributed by atoms with Crippen molar-refractivity contribution in [3.63, 3.8) is 0 Å². The zero-order valence-electron chi connectivity index (χ0n) is 7.05. The molecule has 0 bridgehead atoms. The minimum atomic E-state index is 0.853. The Morgan fingerprint density at radius 2 is 2.09 bits per heavy atom. The summed E-state index contributed by atoms with van der Waals surface area (Å²) in [6.07, 6.45) is 0. The van der Waals surface area contributed by atoms with Gasteiger partial charge in [-0.05, 0) is 6.54 Å². The van der Waals surface area contributed by atoms with Gasteiger partial charge in [-0.2, -0.15) is 11.8 Å². The first-order valence-electron chi connectivity index (χ1n) is 4.46. The first-order valence-corrected chi connectivity index (χ1v) is 5.61. The van der Waals surface area contributed by atoms with E-state index in [1.807, 2.05) is 0 Å². The maximum Gasteiger partial charge on any atom is 0.0348 e. The molecule has 2 fully saturated rings. The lowest BCUT2D eigenvalue weighted by Gasteiger charge is -2.45. The van der Waals surface area contributed by atoms with E-state index in [9.17, 15) is 0 Å². The van der Waals surface area contributed by atoms with Gasteiger partial charge < -0.3 is 5.32 Å². The third kappa shape index (κ3) is 1.42. The van der Waals surface area contributed by atoms with Crippen LogP contribution in [-0.4, -0.2) is 48.1 Å². The zero-order valence-corrected chi connectivity index (χ0v) is 7.86. The molecular formula is C8H16N2S. The number of nitrogens with zero attached hydrogens (tertiary/aromatic N) is 1. The van der Waals surface area contributed by atoms with E-state index < -0.39 is 0 Å². The molecule has 0 atom stereocenters. The molecule has 2 heterocycles. The van der Waals surface area contributed by atoms with E-state index in [0.717, 1.165) is 12.1 Å². The van der Waals surface area contributed by atoms with Crippen molar-refractivity contribution < 1.29 is 0 Å². The molecule has 2 nitrogen and oxygen atoms in total. The Hall–Kier alpha value is 0.270. The van der Waals surface area contributed by atoms with Gasteiger partial charge in [-0.15, -0.1) is 0 Å². The summed E-state index contributed by atoms with van der Waals surface area (Å²) in [7, 11) is 0. The van der Waals surface area contributed by atoms with Gasteiger partial charge in [0, 0.05) is 36.7 Å². The minimum absolute atomic E-state index is 0.853. The SMILES string of the molecule is CCN(C1CNC1)C1CSC1. The van der Waals surface area contributed by atoms with Gasteiger partial charge in [0.15, 0.2) is 0 Å². The van der Waals surface area contributed by atoms with Crippen LogP contribution < -0.4 is 5.32 Å². The van der Waals surface area contributed by atoms with E-state index in [1.54, 1.807) is 0 Å². The summed E-state index contributed by atoms with van der Waals surface area (Å²) in [5.41, 5.74) is 0. The lowest BCUT2D eigenvalue weighted by molar-refractivity contribution is 0.117. The van der Waals surface area contributed by atoms with Crippen molar-refractivity contribution in [1.29, 1.82) is 0 Å². The smallest absolute Gasteiger partial charge is 0.0348 e. The van der Waals surface area contributed by atoms with Crippen LogP contribution >= 0.6 is 11.8 Å². The molecule has 0 saturated carbocycles. The Morgan fingerprint density at radius 3 is 2.36 bits per heavy atom. The van der Waals surface area contributed by atoms with Crippen molar-refractivity contribution in [3.05, 3.63) is 0 Å². The molecule has 0 radical (unpaired) electrons. The van der Waals surface area contributed by atoms with Gasteiger partial charge in [0.2, 0.25) is 0 Å². The molecule has 2 saturated heterocycles. The van der Waals surface area contributed by atoms with Gasteiger partial charge in [0.05, 0.1) is 0 Å². The van der Waals surface area contributed by atoms with E-state index >= 15 is 0 Å². The molecule has 0 aromatic heterocycles. The van der Waals surface area contributed by atoms with E-state index in [1.165, 1.54) is 31.1 Å². The van der Waals surface area contributed by atoms with Crippen LogP contribution in [0.5, 0.6) is 0 Å². The second kappa shape index (κ2) is 3.33. The first-order chi connectivity index (χ1) is 5.42. The summed E-state index contributed by atoms with van der Waals surface area (Å²) in [5.74, 6) is 2.73. The van der Waals surface area contributed by atoms with Gasteiger partial charge in [-0.3, -0.25) is 4.90 Å². The Bertz CT molecular complexity index is 118. The van der Waals surface area contributed by atoms with Crippen molar-refractivity contribution in [1.82, 2.24) is 10.2 Å². The van der Waals surface area contributed by atoms with Gasteiger partial charge in [-0.25, -0.2) is 0 Å². The van der Waals surface area contributed by atoms with Crippen LogP contribution in [0.3, 0.4) is 0 Å². The molecule has 3 heteroatoms. The standard InChI is InChI=1S/C8H16N2S/c1-2-10(7-3-9-4-7)8-5-11-6-8/h7-9H,2-6H2,1H3. The monoisotopic (exact) mass is 172 g/mol. The number of hydrogen-bond donors (Lipinski definition) is 1. The summed E-state index contributed by atoms with van der Waals surface area (Å²) in [4.78, 5) is 2.66. The predicted molar refractivity (Wildman–Crippen MR) is 50.2 cm³/mol. The maximum atomic E-state index is 3.33. The van der Waals surface area contributed by atoms with Crippen molar-refractivity contribution >= 4 is 11.8 Å². The highest BCUT2D eigenvalue weighted by molar-refractivity contribution is 8.00. The Morgan fingerprint density at radius 1 is 1.36 bits per heavy atom. The molecule has 0 aliphatic carbocycles. The normalized spacial score (nSPS) is 26.7. The van der Waals surface area contributed by atoms with Crippen LogP contribution in [0.1, 0.15) is 6.92 Å². The molecule has 64 valence electrons. The van der Waals surface area contributed by atoms with E-state index in [4.69, 9.17) is 0 Å². The average Bonchev–Trinajstić information content (AvgIpc) is 1.78. The molecular weight excluding hydrogens is 156 g/mol. The Balaban J connectivity index is 1.83. The number of hydrogen-bond acceptors (Lipinski definition) is 3. The molecule has 0 aromatic rings. The predicted octanol–water partition coefficient (Wildman–Crippen LogP) is 0.396. The largest absolute Gasteiger partial charge is 0.314 e. The Kier molecular flexibility index (Phi) is 2.39. The Labute approximate surface area is 72.7 Å². The van der Waals surface area contributed by atoms with E-state index in [0.29, 0.717) is 0 Å². The number of thioether (sulfide) groups is 1. The molecule has 0 aromatic carbocycles. The van der Waals surface area contributed by atoms with Gasteiger partial charge in [0.1, 0.15) is 0 Å². The van der Waals surface area contributed by atoms with Crippen LogP contribution in [0.25, 0.3) is 0 Å². The lowest BCUT2D eigenvalue weighted by atomic mass is 10.1. The molecule has 0 amide bonds. The van der Waals surface area contributed by atoms with E-state index in [2.05, 4.69) is 28.9 Å². The highest BCUT2D eigenvalue weighted by Crippen LogP contribution is 2.25.